The molecule has 0 saturated heterocycles. The molecule has 1 aliphatic rings. The molecule has 0 aliphatic carbocycles. The van der Waals surface area contributed by atoms with Gasteiger partial charge in [0.1, 0.15) is 3.82 Å². The molecule has 1 aromatic heterocycles. The molecule has 0 saturated carbocycles. The molecule has 2 heterocycles. The monoisotopic (exact) mass is 349 g/mol. The van der Waals surface area contributed by atoms with Crippen LogP contribution < -0.4 is 4.90 Å². The van der Waals surface area contributed by atoms with Gasteiger partial charge in [0.25, 0.3) is 0 Å². The zero-order chi connectivity index (χ0) is 16.1. The first-order valence-corrected chi connectivity index (χ1v) is 10.0. The number of hydrogen-bond donors (Lipinski definition) is 0. The highest BCUT2D eigenvalue weighted by Crippen LogP contribution is 2.52. The summed E-state index contributed by atoms with van der Waals surface area (Å²) in [4.78, 5) is 16.0. The Morgan fingerprint density at radius 1 is 1.32 bits per heavy atom. The highest BCUT2D eigenvalue weighted by atomic mass is 32.9. The van der Waals surface area contributed by atoms with Crippen LogP contribution in [0, 0.1) is 10.7 Å². The second-order valence-electron chi connectivity index (χ2n) is 6.22. The molecule has 22 heavy (non-hydrogen) atoms. The summed E-state index contributed by atoms with van der Waals surface area (Å²) in [6.07, 6.45) is 1.43. The van der Waals surface area contributed by atoms with E-state index in [0.717, 1.165) is 32.6 Å². The number of aryl methyl sites for hydroxylation is 1. The maximum Gasteiger partial charge on any atom is 0.227 e. The molecule has 0 unspecified atom stereocenters. The summed E-state index contributed by atoms with van der Waals surface area (Å²) in [7, 11) is 3.35. The first-order chi connectivity index (χ1) is 10.4. The van der Waals surface area contributed by atoms with E-state index in [1.807, 2.05) is 11.8 Å². The molecular formula is C17H19NOS3. The Balaban J connectivity index is 2.32. The molecule has 5 heteroatoms. The summed E-state index contributed by atoms with van der Waals surface area (Å²) in [5, 5.41) is 0. The lowest BCUT2D eigenvalue weighted by Gasteiger charge is -2.43. The molecule has 0 N–H and O–H groups in total. The van der Waals surface area contributed by atoms with Crippen LogP contribution in [0.15, 0.2) is 18.2 Å². The number of rotatable bonds is 2. The summed E-state index contributed by atoms with van der Waals surface area (Å²) in [6.45, 7) is 8.37. The Bertz CT molecular complexity index is 800. The Morgan fingerprint density at radius 2 is 2.05 bits per heavy atom. The average Bonchev–Trinajstić information content (AvgIpc) is 2.82. The Hall–Kier alpha value is -1.04. The van der Waals surface area contributed by atoms with Gasteiger partial charge >= 0.3 is 0 Å². The van der Waals surface area contributed by atoms with Crippen LogP contribution >= 0.6 is 32.9 Å². The van der Waals surface area contributed by atoms with Gasteiger partial charge in [-0.05, 0) is 38.8 Å². The standard InChI is InChI=1S/C17H19NOS3/c1-5-6-13(19)18-12-9-10(2)7-8-11(12)14-15(17(18,3)4)21-22-16(14)20/h7-9H,5-6H2,1-4H3. The molecule has 2 nitrogen and oxygen atoms in total. The van der Waals surface area contributed by atoms with Crippen LogP contribution in [0.4, 0.5) is 5.69 Å². The van der Waals surface area contributed by atoms with Gasteiger partial charge in [-0.25, -0.2) is 0 Å². The van der Waals surface area contributed by atoms with Crippen molar-refractivity contribution in [3.8, 4) is 11.1 Å². The fourth-order valence-electron chi connectivity index (χ4n) is 3.11. The van der Waals surface area contributed by atoms with Crippen LogP contribution in [-0.2, 0) is 10.3 Å². The fraction of sp³-hybridized carbons (Fsp3) is 0.412. The van der Waals surface area contributed by atoms with Gasteiger partial charge in [-0.3, -0.25) is 4.79 Å². The number of carbonyl (C=O) groups excluding carboxylic acids is 1. The van der Waals surface area contributed by atoms with Gasteiger partial charge in [-0.2, -0.15) is 0 Å². The van der Waals surface area contributed by atoms with E-state index in [-0.39, 0.29) is 11.4 Å². The number of anilines is 1. The predicted molar refractivity (Wildman–Crippen MR) is 98.6 cm³/mol. The molecule has 0 radical (unpaired) electrons. The summed E-state index contributed by atoms with van der Waals surface area (Å²) in [6, 6.07) is 6.32. The van der Waals surface area contributed by atoms with Gasteiger partial charge in [0.15, 0.2) is 0 Å². The van der Waals surface area contributed by atoms with Crippen molar-refractivity contribution in [2.75, 3.05) is 4.90 Å². The van der Waals surface area contributed by atoms with E-state index >= 15 is 0 Å². The zero-order valence-corrected chi connectivity index (χ0v) is 15.7. The van der Waals surface area contributed by atoms with E-state index in [1.165, 1.54) is 4.88 Å². The minimum Gasteiger partial charge on any atom is -0.301 e. The molecular weight excluding hydrogens is 330 g/mol. The van der Waals surface area contributed by atoms with E-state index in [0.29, 0.717) is 6.42 Å². The highest BCUT2D eigenvalue weighted by Gasteiger charge is 2.42. The van der Waals surface area contributed by atoms with Crippen LogP contribution in [-0.4, -0.2) is 5.91 Å². The van der Waals surface area contributed by atoms with Crippen LogP contribution in [0.25, 0.3) is 11.1 Å². The maximum absolute atomic E-state index is 12.8. The maximum atomic E-state index is 12.8. The normalized spacial score (nSPS) is 15.4. The summed E-state index contributed by atoms with van der Waals surface area (Å²) < 4.78 is 0.931. The van der Waals surface area contributed by atoms with Gasteiger partial charge in [0.2, 0.25) is 5.91 Å². The third-order valence-electron chi connectivity index (χ3n) is 4.12. The van der Waals surface area contributed by atoms with Crippen LogP contribution in [0.3, 0.4) is 0 Å². The molecule has 3 rings (SSSR count). The van der Waals surface area contributed by atoms with Crippen molar-refractivity contribution in [3.05, 3.63) is 32.5 Å². The molecule has 1 amide bonds. The smallest absolute Gasteiger partial charge is 0.227 e. The fourth-order valence-corrected chi connectivity index (χ4v) is 6.39. The van der Waals surface area contributed by atoms with Crippen LogP contribution in [0.2, 0.25) is 0 Å². The van der Waals surface area contributed by atoms with Crippen molar-refractivity contribution < 1.29 is 4.79 Å². The topological polar surface area (TPSA) is 20.3 Å². The van der Waals surface area contributed by atoms with Crippen molar-refractivity contribution >= 4 is 44.5 Å². The zero-order valence-electron chi connectivity index (χ0n) is 13.2. The quantitative estimate of drug-likeness (QED) is 0.497. The number of amides is 1. The van der Waals surface area contributed by atoms with E-state index in [4.69, 9.17) is 12.2 Å². The number of fused-ring (bicyclic) bond motifs is 3. The average molecular weight is 350 g/mol. The highest BCUT2D eigenvalue weighted by molar-refractivity contribution is 7.80. The second-order valence-corrected chi connectivity index (χ2v) is 9.03. The van der Waals surface area contributed by atoms with Gasteiger partial charge in [-0.15, -0.1) is 0 Å². The first kappa shape index (κ1) is 15.8. The van der Waals surface area contributed by atoms with Gasteiger partial charge < -0.3 is 4.90 Å². The number of benzene rings is 1. The molecule has 0 spiro atoms. The summed E-state index contributed by atoms with van der Waals surface area (Å²) in [5.41, 5.74) is 4.09. The van der Waals surface area contributed by atoms with Gasteiger partial charge in [0, 0.05) is 17.5 Å². The SMILES string of the molecule is CCCC(=O)N1c2cc(C)ccc2-c2c(ssc2=S)C1(C)C. The lowest BCUT2D eigenvalue weighted by molar-refractivity contribution is -0.119. The molecule has 2 aromatic rings. The van der Waals surface area contributed by atoms with Crippen molar-refractivity contribution in [1.29, 1.82) is 0 Å². The lowest BCUT2D eigenvalue weighted by Crippen LogP contribution is -2.47. The third kappa shape index (κ3) is 2.27. The van der Waals surface area contributed by atoms with Crippen LogP contribution in [0.1, 0.15) is 44.1 Å². The lowest BCUT2D eigenvalue weighted by atomic mass is 9.86. The van der Waals surface area contributed by atoms with E-state index in [2.05, 4.69) is 39.0 Å². The Labute approximate surface area is 143 Å². The van der Waals surface area contributed by atoms with Crippen molar-refractivity contribution in [2.24, 2.45) is 0 Å². The van der Waals surface area contributed by atoms with Crippen molar-refractivity contribution in [3.63, 3.8) is 0 Å². The molecule has 1 aliphatic heterocycles. The summed E-state index contributed by atoms with van der Waals surface area (Å²) >= 11 is 5.56. The molecule has 116 valence electrons. The minimum absolute atomic E-state index is 0.189. The summed E-state index contributed by atoms with van der Waals surface area (Å²) in [5.74, 6) is 0.189. The number of nitrogens with zero attached hydrogens (tertiary/aromatic N) is 1. The minimum atomic E-state index is -0.347. The van der Waals surface area contributed by atoms with E-state index in [9.17, 15) is 4.79 Å². The van der Waals surface area contributed by atoms with E-state index in [1.54, 1.807) is 20.7 Å². The molecule has 1 aromatic carbocycles. The molecule has 0 atom stereocenters. The Morgan fingerprint density at radius 3 is 2.73 bits per heavy atom. The van der Waals surface area contributed by atoms with Gasteiger partial charge in [-0.1, -0.05) is 52.0 Å². The van der Waals surface area contributed by atoms with Crippen LogP contribution in [0.5, 0.6) is 0 Å². The molecule has 0 fully saturated rings. The predicted octanol–water partition coefficient (Wildman–Crippen LogP) is 5.90. The Kier molecular flexibility index (Phi) is 4.00. The second kappa shape index (κ2) is 5.55. The molecule has 0 bridgehead atoms. The third-order valence-corrected chi connectivity index (χ3v) is 7.45. The van der Waals surface area contributed by atoms with Gasteiger partial charge in [0.05, 0.1) is 16.1 Å². The van der Waals surface area contributed by atoms with E-state index < -0.39 is 0 Å². The number of hydrogen-bond acceptors (Lipinski definition) is 4. The van der Waals surface area contributed by atoms with Crippen molar-refractivity contribution in [1.82, 2.24) is 0 Å². The largest absolute Gasteiger partial charge is 0.301 e. The number of carbonyl (C=O) groups is 1. The first-order valence-electron chi connectivity index (χ1n) is 7.45. The van der Waals surface area contributed by atoms with Crippen molar-refractivity contribution in [2.45, 2.75) is 46.1 Å².